The molecule has 1 atom stereocenters. The molecule has 0 bridgehead atoms. The van der Waals surface area contributed by atoms with E-state index in [4.69, 9.17) is 15.6 Å². The molecule has 1 saturated heterocycles. The number of rotatable bonds is 3. The minimum atomic E-state index is -0.614. The first-order valence-electron chi connectivity index (χ1n) is 6.08. The number of nitrogens with two attached hydrogens (primary N) is 1. The number of nitrogen functional groups attached to an aromatic ring is 1. The number of nitrogens with zero attached hydrogens (tertiary/aromatic N) is 2. The van der Waals surface area contributed by atoms with E-state index in [1.165, 1.54) is 23.1 Å². The summed E-state index contributed by atoms with van der Waals surface area (Å²) in [6, 6.07) is 3.89. The van der Waals surface area contributed by atoms with Gasteiger partial charge in [-0.3, -0.25) is 14.9 Å². The van der Waals surface area contributed by atoms with Crippen molar-refractivity contribution in [1.29, 1.82) is 0 Å². The highest BCUT2D eigenvalue weighted by molar-refractivity contribution is 5.99. The minimum Gasteiger partial charge on any atom is -0.399 e. The lowest BCUT2D eigenvalue weighted by Crippen LogP contribution is -2.47. The van der Waals surface area contributed by atoms with Gasteiger partial charge >= 0.3 is 0 Å². The Hall–Kier alpha value is -2.19. The number of ether oxygens (including phenoxy) is 1. The first-order valence-corrected chi connectivity index (χ1v) is 6.08. The van der Waals surface area contributed by atoms with Gasteiger partial charge in [-0.2, -0.15) is 0 Å². The van der Waals surface area contributed by atoms with Crippen LogP contribution in [0.1, 0.15) is 10.4 Å². The molecular formula is C12H15N3O5. The van der Waals surface area contributed by atoms with Crippen LogP contribution in [0.3, 0.4) is 0 Å². The summed E-state index contributed by atoms with van der Waals surface area (Å²) in [6.07, 6.45) is -0.465. The first-order chi connectivity index (χ1) is 9.52. The summed E-state index contributed by atoms with van der Waals surface area (Å²) in [5.41, 5.74) is 5.54. The summed E-state index contributed by atoms with van der Waals surface area (Å²) >= 11 is 0. The molecule has 3 N–H and O–H groups in total. The van der Waals surface area contributed by atoms with Crippen LogP contribution in [-0.4, -0.2) is 53.2 Å². The predicted molar refractivity (Wildman–Crippen MR) is 70.2 cm³/mol. The van der Waals surface area contributed by atoms with Gasteiger partial charge < -0.3 is 20.5 Å². The largest absolute Gasteiger partial charge is 0.399 e. The molecule has 1 unspecified atom stereocenters. The number of hydrogen-bond acceptors (Lipinski definition) is 6. The Morgan fingerprint density at radius 3 is 3.00 bits per heavy atom. The predicted octanol–water partition coefficient (Wildman–Crippen LogP) is 0.0103. The van der Waals surface area contributed by atoms with E-state index in [-0.39, 0.29) is 36.7 Å². The summed E-state index contributed by atoms with van der Waals surface area (Å²) in [7, 11) is 0. The van der Waals surface area contributed by atoms with E-state index in [1.807, 2.05) is 0 Å². The summed E-state index contributed by atoms with van der Waals surface area (Å²) in [5.74, 6) is -0.481. The molecule has 8 nitrogen and oxygen atoms in total. The molecule has 0 aromatic heterocycles. The van der Waals surface area contributed by atoms with Gasteiger partial charge in [0.1, 0.15) is 5.56 Å². The Kier molecular flexibility index (Phi) is 4.16. The molecule has 1 heterocycles. The van der Waals surface area contributed by atoms with Crippen LogP contribution in [0.25, 0.3) is 0 Å². The van der Waals surface area contributed by atoms with Crippen LogP contribution in [0, 0.1) is 10.1 Å². The van der Waals surface area contributed by atoms with Crippen molar-refractivity contribution < 1.29 is 19.6 Å². The highest BCUT2D eigenvalue weighted by atomic mass is 16.6. The molecule has 1 aliphatic heterocycles. The molecule has 0 radical (unpaired) electrons. The number of nitro benzene ring substituents is 1. The maximum Gasteiger partial charge on any atom is 0.282 e. The van der Waals surface area contributed by atoms with Crippen molar-refractivity contribution in [3.8, 4) is 0 Å². The van der Waals surface area contributed by atoms with E-state index in [2.05, 4.69) is 0 Å². The summed E-state index contributed by atoms with van der Waals surface area (Å²) in [6.45, 7) is 0.596. The second-order valence-corrected chi connectivity index (χ2v) is 4.46. The number of anilines is 1. The van der Waals surface area contributed by atoms with E-state index in [0.717, 1.165) is 0 Å². The third-order valence-corrected chi connectivity index (χ3v) is 3.08. The zero-order chi connectivity index (χ0) is 14.7. The second kappa shape index (κ2) is 5.85. The van der Waals surface area contributed by atoms with Gasteiger partial charge in [-0.1, -0.05) is 0 Å². The Morgan fingerprint density at radius 1 is 1.60 bits per heavy atom. The van der Waals surface area contributed by atoms with E-state index in [0.29, 0.717) is 6.54 Å². The Balaban J connectivity index is 2.28. The quantitative estimate of drug-likeness (QED) is 0.457. The fraction of sp³-hybridized carbons (Fsp3) is 0.417. The van der Waals surface area contributed by atoms with Gasteiger partial charge in [-0.25, -0.2) is 0 Å². The zero-order valence-corrected chi connectivity index (χ0v) is 10.7. The molecular weight excluding hydrogens is 266 g/mol. The molecule has 1 aliphatic rings. The second-order valence-electron chi connectivity index (χ2n) is 4.46. The lowest BCUT2D eigenvalue weighted by Gasteiger charge is -2.32. The summed E-state index contributed by atoms with van der Waals surface area (Å²) in [5, 5.41) is 20.0. The first kappa shape index (κ1) is 14.2. The number of hydrogen-bond donors (Lipinski definition) is 2. The van der Waals surface area contributed by atoms with Gasteiger partial charge in [0, 0.05) is 24.8 Å². The molecule has 0 aliphatic carbocycles. The van der Waals surface area contributed by atoms with E-state index >= 15 is 0 Å². The molecule has 1 amide bonds. The molecule has 1 aromatic carbocycles. The van der Waals surface area contributed by atoms with Crippen LogP contribution in [-0.2, 0) is 4.74 Å². The number of nitro groups is 1. The number of carbonyl (C=O) groups is 1. The SMILES string of the molecule is Nc1ccc([N+](=O)[O-])c(C(=O)N2CCOC(CO)C2)c1. The summed E-state index contributed by atoms with van der Waals surface area (Å²) < 4.78 is 5.24. The third-order valence-electron chi connectivity index (χ3n) is 3.08. The molecule has 0 spiro atoms. The summed E-state index contributed by atoms with van der Waals surface area (Å²) in [4.78, 5) is 24.1. The number of aliphatic hydroxyl groups excluding tert-OH is 1. The van der Waals surface area contributed by atoms with Crippen molar-refractivity contribution in [3.63, 3.8) is 0 Å². The van der Waals surface area contributed by atoms with Gasteiger partial charge in [-0.15, -0.1) is 0 Å². The molecule has 1 aromatic rings. The number of carbonyl (C=O) groups excluding carboxylic acids is 1. The van der Waals surface area contributed by atoms with Gasteiger partial charge in [0.25, 0.3) is 11.6 Å². The standard InChI is InChI=1S/C12H15N3O5/c13-8-1-2-11(15(18)19)10(5-8)12(17)14-3-4-20-9(6-14)7-16/h1-2,5,9,16H,3-4,6-7,13H2. The highest BCUT2D eigenvalue weighted by Gasteiger charge is 2.29. The molecule has 0 saturated carbocycles. The zero-order valence-electron chi connectivity index (χ0n) is 10.7. The molecule has 20 heavy (non-hydrogen) atoms. The van der Waals surface area contributed by atoms with Crippen molar-refractivity contribution in [1.82, 2.24) is 4.90 Å². The lowest BCUT2D eigenvalue weighted by atomic mass is 10.1. The maximum absolute atomic E-state index is 12.4. The fourth-order valence-corrected chi connectivity index (χ4v) is 2.07. The molecule has 108 valence electrons. The van der Waals surface area contributed by atoms with Gasteiger partial charge in [-0.05, 0) is 12.1 Å². The minimum absolute atomic E-state index is 0.0476. The normalized spacial score (nSPS) is 18.9. The van der Waals surface area contributed by atoms with Crippen molar-refractivity contribution in [3.05, 3.63) is 33.9 Å². The van der Waals surface area contributed by atoms with Crippen molar-refractivity contribution in [2.24, 2.45) is 0 Å². The van der Waals surface area contributed by atoms with Crippen LogP contribution >= 0.6 is 0 Å². The van der Waals surface area contributed by atoms with Crippen LogP contribution in [0.4, 0.5) is 11.4 Å². The Labute approximate surface area is 114 Å². The van der Waals surface area contributed by atoms with E-state index < -0.39 is 16.9 Å². The molecule has 2 rings (SSSR count). The Morgan fingerprint density at radius 2 is 2.35 bits per heavy atom. The third kappa shape index (κ3) is 2.86. The maximum atomic E-state index is 12.4. The monoisotopic (exact) mass is 281 g/mol. The number of benzene rings is 1. The van der Waals surface area contributed by atoms with Crippen molar-refractivity contribution in [2.75, 3.05) is 32.0 Å². The van der Waals surface area contributed by atoms with Crippen LogP contribution in [0.5, 0.6) is 0 Å². The van der Waals surface area contributed by atoms with Gasteiger partial charge in [0.2, 0.25) is 0 Å². The van der Waals surface area contributed by atoms with E-state index in [1.54, 1.807) is 0 Å². The Bertz CT molecular complexity index is 534. The average molecular weight is 281 g/mol. The average Bonchev–Trinajstić information content (AvgIpc) is 2.46. The molecule has 8 heteroatoms. The highest BCUT2D eigenvalue weighted by Crippen LogP contribution is 2.23. The van der Waals surface area contributed by atoms with Crippen LogP contribution in [0.2, 0.25) is 0 Å². The van der Waals surface area contributed by atoms with Gasteiger partial charge in [0.05, 0.1) is 24.2 Å². The molecule has 1 fully saturated rings. The number of morpholine rings is 1. The van der Waals surface area contributed by atoms with Crippen molar-refractivity contribution in [2.45, 2.75) is 6.10 Å². The number of aliphatic hydroxyl groups is 1. The van der Waals surface area contributed by atoms with Crippen LogP contribution in [0.15, 0.2) is 18.2 Å². The lowest BCUT2D eigenvalue weighted by molar-refractivity contribution is -0.385. The van der Waals surface area contributed by atoms with Crippen molar-refractivity contribution >= 4 is 17.3 Å². The number of amides is 1. The topological polar surface area (TPSA) is 119 Å². The van der Waals surface area contributed by atoms with E-state index in [9.17, 15) is 14.9 Å². The smallest absolute Gasteiger partial charge is 0.282 e. The van der Waals surface area contributed by atoms with Gasteiger partial charge in [0.15, 0.2) is 0 Å². The fourth-order valence-electron chi connectivity index (χ4n) is 2.07. The van der Waals surface area contributed by atoms with Crippen LogP contribution < -0.4 is 5.73 Å².